The van der Waals surface area contributed by atoms with E-state index in [2.05, 4.69) is 47.6 Å². The number of aliphatic carboxylic acids is 1. The molecule has 4 unspecified atom stereocenters. The van der Waals surface area contributed by atoms with Gasteiger partial charge < -0.3 is 64.9 Å². The zero-order valence-corrected chi connectivity index (χ0v) is 34.1. The molecule has 6 fully saturated rings. The molecule has 15 nitrogen and oxygen atoms in total. The number of esters is 1. The Kier molecular flexibility index (Phi) is 11.2. The van der Waals surface area contributed by atoms with Gasteiger partial charge in [0.1, 0.15) is 42.7 Å². The average Bonchev–Trinajstić information content (AvgIpc) is 3.16. The second-order valence-electron chi connectivity index (χ2n) is 20.5. The molecule has 7 aliphatic rings. The van der Waals surface area contributed by atoms with Crippen LogP contribution in [0.4, 0.5) is 0 Å². The van der Waals surface area contributed by atoms with Crippen molar-refractivity contribution in [1.29, 1.82) is 0 Å². The van der Waals surface area contributed by atoms with Crippen LogP contribution in [-0.4, -0.2) is 139 Å². The van der Waals surface area contributed by atoms with Gasteiger partial charge in [0.15, 0.2) is 12.4 Å². The van der Waals surface area contributed by atoms with Crippen LogP contribution in [-0.2, 0) is 28.5 Å². The van der Waals surface area contributed by atoms with E-state index in [0.29, 0.717) is 38.5 Å². The zero-order chi connectivity index (χ0) is 41.8. The third-order valence-electron chi connectivity index (χ3n) is 17.4. The Morgan fingerprint density at radius 2 is 1.40 bits per heavy atom. The Morgan fingerprint density at radius 3 is 2.05 bits per heavy atom. The summed E-state index contributed by atoms with van der Waals surface area (Å²) in [7, 11) is 0. The van der Waals surface area contributed by atoms with Crippen molar-refractivity contribution in [3.8, 4) is 0 Å². The van der Waals surface area contributed by atoms with Crippen LogP contribution >= 0.6 is 0 Å². The highest BCUT2D eigenvalue weighted by atomic mass is 16.7. The van der Waals surface area contributed by atoms with Gasteiger partial charge in [-0.15, -0.1) is 0 Å². The number of carbonyl (C=O) groups excluding carboxylic acids is 1. The third-order valence-corrected chi connectivity index (χ3v) is 17.4. The minimum atomic E-state index is -1.80. The zero-order valence-electron chi connectivity index (χ0n) is 34.1. The molecule has 19 atom stereocenters. The summed E-state index contributed by atoms with van der Waals surface area (Å²) in [5.74, 6) is -1.85. The molecular formula is C42H66O15. The van der Waals surface area contributed by atoms with E-state index in [1.165, 1.54) is 5.57 Å². The van der Waals surface area contributed by atoms with Gasteiger partial charge in [0.05, 0.1) is 18.1 Å². The molecule has 0 radical (unpaired) electrons. The molecule has 2 aliphatic heterocycles. The number of rotatable bonds is 7. The first-order chi connectivity index (χ1) is 26.5. The van der Waals surface area contributed by atoms with Crippen molar-refractivity contribution in [3.63, 3.8) is 0 Å². The lowest BCUT2D eigenvalue weighted by atomic mass is 9.33. The molecule has 0 bridgehead atoms. The summed E-state index contributed by atoms with van der Waals surface area (Å²) in [4.78, 5) is 26.4. The maximum atomic E-state index is 14.6. The molecule has 7 rings (SSSR count). The van der Waals surface area contributed by atoms with Crippen LogP contribution in [0.25, 0.3) is 0 Å². The van der Waals surface area contributed by atoms with Crippen molar-refractivity contribution >= 4 is 11.9 Å². The highest BCUT2D eigenvalue weighted by molar-refractivity contribution is 5.79. The molecular weight excluding hydrogens is 744 g/mol. The maximum Gasteiger partial charge on any atom is 0.335 e. The highest BCUT2D eigenvalue weighted by Crippen LogP contribution is 2.76. The van der Waals surface area contributed by atoms with E-state index in [1.54, 1.807) is 0 Å². The number of carboxylic acids is 1. The third kappa shape index (κ3) is 6.39. The van der Waals surface area contributed by atoms with Gasteiger partial charge in [-0.1, -0.05) is 53.2 Å². The molecule has 5 aliphatic carbocycles. The van der Waals surface area contributed by atoms with Crippen LogP contribution in [0.15, 0.2) is 11.6 Å². The Hall–Kier alpha value is -1.76. The molecule has 2 heterocycles. The van der Waals surface area contributed by atoms with Crippen molar-refractivity contribution < 1.29 is 74.5 Å². The minimum absolute atomic E-state index is 0.0390. The lowest BCUT2D eigenvalue weighted by Crippen LogP contribution is -2.66. The standard InChI is InChI=1S/C42H66O15/c1-37(2)23-9-12-41(6)24(39(23,4)11-10-25(37)55-35-31(50)28(47)29(48)32(56-35)33(51)52)8-7-20-21-17-38(3,19-44)13-15-42(21,16-14-40(20,41)5)36(53)57-34-30(49)27(46)26(45)22(18-43)54-34/h7,21-32,34-35,43-50H,8-19H2,1-6H3,(H,51,52)/t21?,22-,23?,24?,25+,26-,27+,28+,29+,30-,31-,32+,34+,35-,38?,39+,40-,41-,42+/m1/s1. The van der Waals surface area contributed by atoms with Crippen molar-refractivity contribution in [3.05, 3.63) is 11.6 Å². The monoisotopic (exact) mass is 810 g/mol. The first kappa shape index (κ1) is 43.3. The van der Waals surface area contributed by atoms with Crippen LogP contribution in [0.3, 0.4) is 0 Å². The van der Waals surface area contributed by atoms with E-state index in [1.807, 2.05) is 0 Å². The number of ether oxygens (including phenoxy) is 4. The number of hydrogen-bond acceptors (Lipinski definition) is 14. The molecule has 0 spiro atoms. The summed E-state index contributed by atoms with van der Waals surface area (Å²) in [6, 6.07) is 0. The van der Waals surface area contributed by atoms with Crippen molar-refractivity contribution in [2.24, 2.45) is 50.2 Å². The van der Waals surface area contributed by atoms with Gasteiger partial charge in [-0.2, -0.15) is 0 Å². The maximum absolute atomic E-state index is 14.6. The first-order valence-corrected chi connectivity index (χ1v) is 21.0. The van der Waals surface area contributed by atoms with Crippen LogP contribution in [0.5, 0.6) is 0 Å². The molecule has 324 valence electrons. The predicted octanol–water partition coefficient (Wildman–Crippen LogP) is 1.38. The molecule has 15 heteroatoms. The summed E-state index contributed by atoms with van der Waals surface area (Å²) < 4.78 is 23.5. The fourth-order valence-electron chi connectivity index (χ4n) is 13.6. The summed E-state index contributed by atoms with van der Waals surface area (Å²) in [5, 5.41) is 93.1. The second kappa shape index (κ2) is 14.7. The normalized spacial score (nSPS) is 53.3. The quantitative estimate of drug-likeness (QED) is 0.100. The summed E-state index contributed by atoms with van der Waals surface area (Å²) >= 11 is 0. The van der Waals surface area contributed by atoms with Gasteiger partial charge in [0.25, 0.3) is 0 Å². The highest BCUT2D eigenvalue weighted by Gasteiger charge is 2.70. The first-order valence-electron chi connectivity index (χ1n) is 21.0. The van der Waals surface area contributed by atoms with Crippen molar-refractivity contribution in [1.82, 2.24) is 0 Å². The summed E-state index contributed by atoms with van der Waals surface area (Å²) in [6.07, 6.45) is -7.44. The number of carbonyl (C=O) groups is 2. The lowest BCUT2D eigenvalue weighted by molar-refractivity contribution is -0.324. The SMILES string of the molecule is CC1(CO)CC[C@]2(C(=O)O[C@@H]3O[C@H](CO)[C@@H](O)[C@H](O)[C@H]3O)CC[C@]3(C)C(=CCC4[C@@]5(C)CC[C@H](O[C@@H]6O[C@H](C(=O)O)[C@@H](O)[C@H](O)[C@H]6O)C(C)(C)C5CC[C@]43C)C2C1. The lowest BCUT2D eigenvalue weighted by Gasteiger charge is -2.71. The van der Waals surface area contributed by atoms with Crippen LogP contribution in [0, 0.1) is 50.2 Å². The van der Waals surface area contributed by atoms with Crippen LogP contribution < -0.4 is 0 Å². The van der Waals surface area contributed by atoms with Gasteiger partial charge in [0, 0.05) is 6.61 Å². The Balaban J connectivity index is 1.17. The molecule has 57 heavy (non-hydrogen) atoms. The largest absolute Gasteiger partial charge is 0.479 e. The fourth-order valence-corrected chi connectivity index (χ4v) is 13.6. The number of hydrogen-bond donors (Lipinski definition) is 9. The molecule has 0 aromatic rings. The number of allylic oxidation sites excluding steroid dienone is 2. The Morgan fingerprint density at radius 1 is 0.754 bits per heavy atom. The summed E-state index contributed by atoms with van der Waals surface area (Å²) in [6.45, 7) is 12.8. The molecule has 0 amide bonds. The summed E-state index contributed by atoms with van der Waals surface area (Å²) in [5.41, 5.74) is -1.28. The van der Waals surface area contributed by atoms with Gasteiger partial charge in [0.2, 0.25) is 6.29 Å². The molecule has 9 N–H and O–H groups in total. The molecule has 2 saturated heterocycles. The van der Waals surface area contributed by atoms with E-state index in [4.69, 9.17) is 18.9 Å². The van der Waals surface area contributed by atoms with Crippen molar-refractivity contribution in [2.75, 3.05) is 13.2 Å². The fraction of sp³-hybridized carbons (Fsp3) is 0.905. The van der Waals surface area contributed by atoms with Gasteiger partial charge in [-0.3, -0.25) is 4.79 Å². The number of carboxylic acid groups (broad SMARTS) is 1. The smallest absolute Gasteiger partial charge is 0.335 e. The van der Waals surface area contributed by atoms with E-state index in [9.17, 15) is 55.5 Å². The molecule has 0 aromatic carbocycles. The van der Waals surface area contributed by atoms with Crippen molar-refractivity contribution in [2.45, 2.75) is 173 Å². The average molecular weight is 811 g/mol. The number of aliphatic hydroxyl groups is 8. The minimum Gasteiger partial charge on any atom is -0.479 e. The van der Waals surface area contributed by atoms with E-state index in [0.717, 1.165) is 25.7 Å². The van der Waals surface area contributed by atoms with Gasteiger partial charge >= 0.3 is 11.9 Å². The van der Waals surface area contributed by atoms with E-state index in [-0.39, 0.29) is 40.6 Å². The van der Waals surface area contributed by atoms with E-state index < -0.39 is 102 Å². The number of aliphatic hydroxyl groups excluding tert-OH is 8. The van der Waals surface area contributed by atoms with Crippen LogP contribution in [0.2, 0.25) is 0 Å². The topological polar surface area (TPSA) is 253 Å². The molecule has 0 aromatic heterocycles. The second-order valence-corrected chi connectivity index (χ2v) is 20.5. The van der Waals surface area contributed by atoms with Crippen LogP contribution in [0.1, 0.15) is 106 Å². The van der Waals surface area contributed by atoms with E-state index >= 15 is 0 Å². The Labute approximate surface area is 334 Å². The van der Waals surface area contributed by atoms with Gasteiger partial charge in [-0.05, 0) is 109 Å². The predicted molar refractivity (Wildman–Crippen MR) is 200 cm³/mol. The van der Waals surface area contributed by atoms with Gasteiger partial charge in [-0.25, -0.2) is 4.79 Å². The Bertz CT molecular complexity index is 1590. The molecule has 4 saturated carbocycles. The number of fused-ring (bicyclic) bond motifs is 7.